The van der Waals surface area contributed by atoms with Crippen LogP contribution in [0, 0.1) is 5.82 Å². The van der Waals surface area contributed by atoms with Crippen molar-refractivity contribution in [3.8, 4) is 11.5 Å². The molecule has 21 heavy (non-hydrogen) atoms. The minimum Gasteiger partial charge on any atom is -0.496 e. The largest absolute Gasteiger partial charge is 0.496 e. The molecule has 0 bridgehead atoms. The van der Waals surface area contributed by atoms with Gasteiger partial charge in [-0.05, 0) is 43.3 Å². The highest BCUT2D eigenvalue weighted by molar-refractivity contribution is 9.10. The lowest BCUT2D eigenvalue weighted by Gasteiger charge is -2.12. The van der Waals surface area contributed by atoms with Gasteiger partial charge in [-0.25, -0.2) is 4.39 Å². The third kappa shape index (κ3) is 3.82. The fourth-order valence-electron chi connectivity index (χ4n) is 1.92. The molecule has 0 fully saturated rings. The Balaban J connectivity index is 2.24. The normalized spacial score (nSPS) is 10.3. The van der Waals surface area contributed by atoms with Gasteiger partial charge in [-0.3, -0.25) is 4.79 Å². The summed E-state index contributed by atoms with van der Waals surface area (Å²) in [5, 5.41) is 0. The third-order valence-corrected chi connectivity index (χ3v) is 3.44. The number of hydrogen-bond donors (Lipinski definition) is 0. The van der Waals surface area contributed by atoms with Crippen molar-refractivity contribution in [3.63, 3.8) is 0 Å². The van der Waals surface area contributed by atoms with Crippen LogP contribution >= 0.6 is 15.9 Å². The van der Waals surface area contributed by atoms with Crippen molar-refractivity contribution in [2.75, 3.05) is 7.11 Å². The topological polar surface area (TPSA) is 35.5 Å². The number of carbonyl (C=O) groups excluding carboxylic acids is 1. The van der Waals surface area contributed by atoms with Gasteiger partial charge < -0.3 is 9.47 Å². The molecular weight excluding hydrogens is 339 g/mol. The molecule has 0 atom stereocenters. The highest BCUT2D eigenvalue weighted by Crippen LogP contribution is 2.26. The smallest absolute Gasteiger partial charge is 0.163 e. The first-order valence-electron chi connectivity index (χ1n) is 6.27. The van der Waals surface area contributed by atoms with E-state index in [-0.39, 0.29) is 18.0 Å². The first kappa shape index (κ1) is 15.5. The molecule has 0 aliphatic carbocycles. The van der Waals surface area contributed by atoms with Crippen LogP contribution < -0.4 is 9.47 Å². The number of carbonyl (C=O) groups is 1. The lowest BCUT2D eigenvalue weighted by Crippen LogP contribution is -2.03. The van der Waals surface area contributed by atoms with Crippen LogP contribution in [0.25, 0.3) is 0 Å². The van der Waals surface area contributed by atoms with E-state index < -0.39 is 5.82 Å². The second-order valence-corrected chi connectivity index (χ2v) is 5.36. The zero-order valence-corrected chi connectivity index (χ0v) is 13.2. The Bertz CT molecular complexity index is 671. The number of halogens is 2. The van der Waals surface area contributed by atoms with E-state index in [1.807, 2.05) is 18.2 Å². The van der Waals surface area contributed by atoms with E-state index in [0.29, 0.717) is 11.5 Å². The number of rotatable bonds is 5. The first-order chi connectivity index (χ1) is 10.0. The predicted octanol–water partition coefficient (Wildman–Crippen LogP) is 4.38. The van der Waals surface area contributed by atoms with Crippen molar-refractivity contribution < 1.29 is 18.7 Å². The van der Waals surface area contributed by atoms with Crippen molar-refractivity contribution in [1.29, 1.82) is 0 Å². The van der Waals surface area contributed by atoms with E-state index in [1.54, 1.807) is 7.11 Å². The fourth-order valence-corrected chi connectivity index (χ4v) is 2.33. The monoisotopic (exact) mass is 352 g/mol. The lowest BCUT2D eigenvalue weighted by molar-refractivity contribution is 0.101. The molecule has 0 amide bonds. The summed E-state index contributed by atoms with van der Waals surface area (Å²) in [6.07, 6.45) is 0. The minimum absolute atomic E-state index is 0.217. The molecule has 2 aromatic carbocycles. The van der Waals surface area contributed by atoms with E-state index in [9.17, 15) is 9.18 Å². The number of ether oxygens (including phenoxy) is 2. The minimum atomic E-state index is -0.465. The predicted molar refractivity (Wildman–Crippen MR) is 81.4 cm³/mol. The van der Waals surface area contributed by atoms with Gasteiger partial charge in [0, 0.05) is 10.0 Å². The first-order valence-corrected chi connectivity index (χ1v) is 7.06. The van der Waals surface area contributed by atoms with Crippen LogP contribution in [0.5, 0.6) is 11.5 Å². The molecule has 0 saturated carbocycles. The van der Waals surface area contributed by atoms with Crippen LogP contribution in [0.15, 0.2) is 40.9 Å². The van der Waals surface area contributed by atoms with Crippen molar-refractivity contribution in [3.05, 3.63) is 57.8 Å². The van der Waals surface area contributed by atoms with E-state index in [0.717, 1.165) is 10.0 Å². The van der Waals surface area contributed by atoms with Gasteiger partial charge >= 0.3 is 0 Å². The molecular formula is C16H14BrFO3. The van der Waals surface area contributed by atoms with Gasteiger partial charge in [0.05, 0.1) is 12.7 Å². The Labute approximate surface area is 130 Å². The summed E-state index contributed by atoms with van der Waals surface area (Å²) >= 11 is 3.38. The van der Waals surface area contributed by atoms with Gasteiger partial charge in [-0.2, -0.15) is 0 Å². The van der Waals surface area contributed by atoms with Crippen molar-refractivity contribution in [2.45, 2.75) is 13.5 Å². The van der Waals surface area contributed by atoms with Crippen molar-refractivity contribution in [1.82, 2.24) is 0 Å². The molecule has 0 radical (unpaired) electrons. The molecule has 0 unspecified atom stereocenters. The molecule has 3 nitrogen and oxygen atoms in total. The zero-order chi connectivity index (χ0) is 15.4. The second-order valence-electron chi connectivity index (χ2n) is 4.44. The van der Waals surface area contributed by atoms with E-state index in [1.165, 1.54) is 25.1 Å². The fraction of sp³-hybridized carbons (Fsp3) is 0.188. The van der Waals surface area contributed by atoms with Gasteiger partial charge in [-0.1, -0.05) is 15.9 Å². The molecule has 2 rings (SSSR count). The number of benzene rings is 2. The zero-order valence-electron chi connectivity index (χ0n) is 11.7. The lowest BCUT2D eigenvalue weighted by atomic mass is 10.1. The maximum Gasteiger partial charge on any atom is 0.163 e. The third-order valence-electron chi connectivity index (χ3n) is 2.95. The summed E-state index contributed by atoms with van der Waals surface area (Å²) in [6, 6.07) is 9.45. The van der Waals surface area contributed by atoms with Crippen molar-refractivity contribution in [2.24, 2.45) is 0 Å². The Morgan fingerprint density at radius 3 is 2.57 bits per heavy atom. The quantitative estimate of drug-likeness (QED) is 0.749. The van der Waals surface area contributed by atoms with E-state index >= 15 is 0 Å². The average molecular weight is 353 g/mol. The van der Waals surface area contributed by atoms with Gasteiger partial charge in [0.1, 0.15) is 23.9 Å². The Morgan fingerprint density at radius 1 is 1.19 bits per heavy atom. The molecule has 0 heterocycles. The summed E-state index contributed by atoms with van der Waals surface area (Å²) in [5.74, 6) is 0.328. The summed E-state index contributed by atoms with van der Waals surface area (Å²) in [6.45, 7) is 1.59. The molecule has 0 spiro atoms. The molecule has 0 N–H and O–H groups in total. The summed E-state index contributed by atoms with van der Waals surface area (Å²) in [5.41, 5.74) is 1.05. The Kier molecular flexibility index (Phi) is 4.96. The Hall–Kier alpha value is -1.88. The standard InChI is InChI=1S/C16H14BrFO3/c1-10(19)14-8-13(18)4-6-16(14)21-9-11-7-12(17)3-5-15(11)20-2/h3-8H,9H2,1-2H3. The molecule has 0 aromatic heterocycles. The van der Waals surface area contributed by atoms with Gasteiger partial charge in [-0.15, -0.1) is 0 Å². The van der Waals surface area contributed by atoms with Gasteiger partial charge in [0.15, 0.2) is 5.78 Å². The maximum absolute atomic E-state index is 13.2. The van der Waals surface area contributed by atoms with Gasteiger partial charge in [0.25, 0.3) is 0 Å². The summed E-state index contributed by atoms with van der Waals surface area (Å²) < 4.78 is 25.0. The Morgan fingerprint density at radius 2 is 1.90 bits per heavy atom. The van der Waals surface area contributed by atoms with Crippen LogP contribution in [0.2, 0.25) is 0 Å². The van der Waals surface area contributed by atoms with Crippen LogP contribution in [-0.2, 0) is 6.61 Å². The van der Waals surface area contributed by atoms with Gasteiger partial charge in [0.2, 0.25) is 0 Å². The van der Waals surface area contributed by atoms with Crippen molar-refractivity contribution >= 4 is 21.7 Å². The highest BCUT2D eigenvalue weighted by Gasteiger charge is 2.11. The molecule has 0 saturated heterocycles. The van der Waals surface area contributed by atoms with Crippen LogP contribution in [-0.4, -0.2) is 12.9 Å². The van der Waals surface area contributed by atoms with Crippen LogP contribution in [0.4, 0.5) is 4.39 Å². The summed E-state index contributed by atoms with van der Waals surface area (Å²) in [7, 11) is 1.58. The van der Waals surface area contributed by atoms with E-state index in [2.05, 4.69) is 15.9 Å². The number of methoxy groups -OCH3 is 1. The SMILES string of the molecule is COc1ccc(Br)cc1COc1ccc(F)cc1C(C)=O. The molecule has 0 aliphatic rings. The highest BCUT2D eigenvalue weighted by atomic mass is 79.9. The number of hydrogen-bond acceptors (Lipinski definition) is 3. The number of Topliss-reactive ketones (excluding diaryl/α,β-unsaturated/α-hetero) is 1. The molecule has 5 heteroatoms. The number of ketones is 1. The maximum atomic E-state index is 13.2. The second kappa shape index (κ2) is 6.72. The molecule has 110 valence electrons. The average Bonchev–Trinajstić information content (AvgIpc) is 2.46. The van der Waals surface area contributed by atoms with Crippen LogP contribution in [0.3, 0.4) is 0 Å². The van der Waals surface area contributed by atoms with E-state index in [4.69, 9.17) is 9.47 Å². The van der Waals surface area contributed by atoms with Crippen LogP contribution in [0.1, 0.15) is 22.8 Å². The molecule has 2 aromatic rings. The molecule has 0 aliphatic heterocycles. The summed E-state index contributed by atoms with van der Waals surface area (Å²) in [4.78, 5) is 11.5.